The molecule has 0 heterocycles. The van der Waals surface area contributed by atoms with Gasteiger partial charge in [0, 0.05) is 0 Å². The highest BCUT2D eigenvalue weighted by atomic mass is 32.2. The summed E-state index contributed by atoms with van der Waals surface area (Å²) >= 11 is 0. The van der Waals surface area contributed by atoms with Crippen LogP contribution in [0.1, 0.15) is 30.5 Å². The van der Waals surface area contributed by atoms with Crippen LogP contribution in [0.25, 0.3) is 0 Å². The van der Waals surface area contributed by atoms with E-state index < -0.39 is 22.0 Å². The Labute approximate surface area is 154 Å². The number of benzene rings is 2. The Hall–Kier alpha value is -2.38. The van der Waals surface area contributed by atoms with Crippen LogP contribution in [0.4, 0.5) is 0 Å². The maximum absolute atomic E-state index is 12.7. The third kappa shape index (κ3) is 5.31. The van der Waals surface area contributed by atoms with E-state index in [1.54, 1.807) is 31.2 Å². The molecule has 0 saturated carbocycles. The number of nitrogens with one attached hydrogen (secondary N) is 1. The van der Waals surface area contributed by atoms with Crippen molar-refractivity contribution in [2.24, 2.45) is 0 Å². The molecule has 0 bridgehead atoms. The van der Waals surface area contributed by atoms with Gasteiger partial charge >= 0.3 is 5.97 Å². The second kappa shape index (κ2) is 8.82. The molecule has 0 radical (unpaired) electrons. The molecule has 0 aromatic heterocycles. The van der Waals surface area contributed by atoms with Crippen LogP contribution in [-0.4, -0.2) is 28.1 Å². The largest absolute Gasteiger partial charge is 0.497 e. The minimum Gasteiger partial charge on any atom is -0.497 e. The van der Waals surface area contributed by atoms with Gasteiger partial charge in [0.15, 0.2) is 0 Å². The maximum Gasteiger partial charge on any atom is 0.307 e. The summed E-state index contributed by atoms with van der Waals surface area (Å²) < 4.78 is 38.1. The van der Waals surface area contributed by atoms with Crippen molar-refractivity contribution < 1.29 is 22.7 Å². The summed E-state index contributed by atoms with van der Waals surface area (Å²) in [5.74, 6) is 0.0982. The summed E-state index contributed by atoms with van der Waals surface area (Å²) in [7, 11) is -2.31. The fourth-order valence-electron chi connectivity index (χ4n) is 2.42. The molecule has 6 nitrogen and oxygen atoms in total. The average molecular weight is 377 g/mol. The second-order valence-electron chi connectivity index (χ2n) is 5.77. The van der Waals surface area contributed by atoms with Gasteiger partial charge in [-0.05, 0) is 43.7 Å². The molecule has 140 valence electrons. The number of carbonyl (C=O) groups is 1. The first-order chi connectivity index (χ1) is 12.4. The predicted octanol–water partition coefficient (Wildman–Crippen LogP) is 2.98. The van der Waals surface area contributed by atoms with Gasteiger partial charge in [0.25, 0.3) is 0 Å². The lowest BCUT2D eigenvalue weighted by Crippen LogP contribution is -2.30. The van der Waals surface area contributed by atoms with Crippen molar-refractivity contribution in [3.05, 3.63) is 59.7 Å². The van der Waals surface area contributed by atoms with Crippen LogP contribution in [0.3, 0.4) is 0 Å². The van der Waals surface area contributed by atoms with Crippen LogP contribution >= 0.6 is 0 Å². The highest BCUT2D eigenvalue weighted by molar-refractivity contribution is 7.89. The Morgan fingerprint density at radius 3 is 2.23 bits per heavy atom. The highest BCUT2D eigenvalue weighted by Gasteiger charge is 2.24. The summed E-state index contributed by atoms with van der Waals surface area (Å²) in [6.07, 6.45) is -0.0910. The van der Waals surface area contributed by atoms with Gasteiger partial charge in [-0.15, -0.1) is 0 Å². The zero-order valence-corrected chi connectivity index (χ0v) is 15.9. The topological polar surface area (TPSA) is 81.7 Å². The number of hydrogen-bond donors (Lipinski definition) is 1. The van der Waals surface area contributed by atoms with Crippen LogP contribution < -0.4 is 9.46 Å². The number of aryl methyl sites for hydroxylation is 1. The monoisotopic (exact) mass is 377 g/mol. The van der Waals surface area contributed by atoms with E-state index in [4.69, 9.17) is 9.47 Å². The highest BCUT2D eigenvalue weighted by Crippen LogP contribution is 2.23. The van der Waals surface area contributed by atoms with Gasteiger partial charge in [0.05, 0.1) is 31.1 Å². The Bertz CT molecular complexity index is 829. The van der Waals surface area contributed by atoms with Gasteiger partial charge in [-0.3, -0.25) is 4.79 Å². The Morgan fingerprint density at radius 2 is 1.69 bits per heavy atom. The van der Waals surface area contributed by atoms with E-state index in [2.05, 4.69) is 4.72 Å². The number of carbonyl (C=O) groups excluding carboxylic acids is 1. The third-order valence-electron chi connectivity index (χ3n) is 3.82. The van der Waals surface area contributed by atoms with Crippen LogP contribution in [-0.2, 0) is 19.6 Å². The van der Waals surface area contributed by atoms with E-state index in [-0.39, 0.29) is 17.9 Å². The molecule has 26 heavy (non-hydrogen) atoms. The Balaban J connectivity index is 2.28. The fraction of sp³-hybridized carbons (Fsp3) is 0.316. The summed E-state index contributed by atoms with van der Waals surface area (Å²) in [6.45, 7) is 3.89. The van der Waals surface area contributed by atoms with Gasteiger partial charge in [0.1, 0.15) is 5.75 Å². The molecule has 2 aromatic carbocycles. The molecule has 0 aliphatic carbocycles. The lowest BCUT2D eigenvalue weighted by atomic mass is 10.0. The quantitative estimate of drug-likeness (QED) is 0.715. The van der Waals surface area contributed by atoms with Crippen LogP contribution in [0.2, 0.25) is 0 Å². The van der Waals surface area contributed by atoms with Crippen LogP contribution in [0, 0.1) is 6.92 Å². The molecule has 0 amide bonds. The first-order valence-electron chi connectivity index (χ1n) is 8.24. The molecule has 0 aliphatic heterocycles. The number of ether oxygens (including phenoxy) is 2. The molecule has 0 unspecified atom stereocenters. The van der Waals surface area contributed by atoms with E-state index in [0.29, 0.717) is 11.3 Å². The predicted molar refractivity (Wildman–Crippen MR) is 98.5 cm³/mol. The zero-order valence-electron chi connectivity index (χ0n) is 15.1. The average Bonchev–Trinajstić information content (AvgIpc) is 2.62. The summed E-state index contributed by atoms with van der Waals surface area (Å²) in [5.41, 5.74) is 1.74. The van der Waals surface area contributed by atoms with Crippen molar-refractivity contribution in [1.29, 1.82) is 0 Å². The molecule has 0 aliphatic rings. The van der Waals surface area contributed by atoms with Gasteiger partial charge < -0.3 is 9.47 Å². The molecule has 1 atom stereocenters. The lowest BCUT2D eigenvalue weighted by Gasteiger charge is -2.19. The van der Waals surface area contributed by atoms with E-state index >= 15 is 0 Å². The number of hydrogen-bond acceptors (Lipinski definition) is 5. The molecule has 0 fully saturated rings. The molecule has 2 aromatic rings. The maximum atomic E-state index is 12.7. The van der Waals surface area contributed by atoms with Crippen molar-refractivity contribution in [3.63, 3.8) is 0 Å². The summed E-state index contributed by atoms with van der Waals surface area (Å²) in [5, 5.41) is 0. The zero-order chi connectivity index (χ0) is 19.2. The first kappa shape index (κ1) is 19.9. The van der Waals surface area contributed by atoms with Crippen molar-refractivity contribution in [1.82, 2.24) is 4.72 Å². The van der Waals surface area contributed by atoms with Crippen LogP contribution in [0.5, 0.6) is 5.75 Å². The Kier molecular flexibility index (Phi) is 6.76. The molecule has 7 heteroatoms. The minimum absolute atomic E-state index is 0.0910. The number of esters is 1. The van der Waals surface area contributed by atoms with E-state index in [0.717, 1.165) is 5.56 Å². The van der Waals surface area contributed by atoms with Crippen molar-refractivity contribution >= 4 is 16.0 Å². The number of rotatable bonds is 8. The fourth-order valence-corrected chi connectivity index (χ4v) is 3.65. The lowest BCUT2D eigenvalue weighted by molar-refractivity contribution is -0.143. The first-order valence-corrected chi connectivity index (χ1v) is 9.72. The van der Waals surface area contributed by atoms with Crippen LogP contribution in [0.15, 0.2) is 53.4 Å². The number of methoxy groups -OCH3 is 1. The molecule has 1 N–H and O–H groups in total. The Morgan fingerprint density at radius 1 is 1.08 bits per heavy atom. The smallest absolute Gasteiger partial charge is 0.307 e. The molecular formula is C19H23NO5S. The SMILES string of the molecule is CCOC(=O)C[C@H](NS(=O)(=O)c1ccc(OC)cc1)c1ccc(C)cc1. The second-order valence-corrected chi connectivity index (χ2v) is 7.48. The molecule has 0 saturated heterocycles. The number of sulfonamides is 1. The third-order valence-corrected chi connectivity index (χ3v) is 5.31. The van der Waals surface area contributed by atoms with E-state index in [1.807, 2.05) is 19.1 Å². The standard InChI is InChI=1S/C19H23NO5S/c1-4-25-19(21)13-18(15-7-5-14(2)6-8-15)20-26(22,23)17-11-9-16(24-3)10-12-17/h5-12,18,20H,4,13H2,1-3H3/t18-/m0/s1. The van der Waals surface area contributed by atoms with Crippen molar-refractivity contribution in [2.75, 3.05) is 13.7 Å². The van der Waals surface area contributed by atoms with Gasteiger partial charge in [0.2, 0.25) is 10.0 Å². The normalized spacial score (nSPS) is 12.4. The molecular weight excluding hydrogens is 354 g/mol. The van der Waals surface area contributed by atoms with Crippen molar-refractivity contribution in [2.45, 2.75) is 31.2 Å². The van der Waals surface area contributed by atoms with E-state index in [1.165, 1.54) is 19.2 Å². The minimum atomic E-state index is -3.82. The van der Waals surface area contributed by atoms with Gasteiger partial charge in [-0.2, -0.15) is 0 Å². The summed E-state index contributed by atoms with van der Waals surface area (Å²) in [4.78, 5) is 12.0. The summed E-state index contributed by atoms with van der Waals surface area (Å²) in [6, 6.07) is 12.7. The van der Waals surface area contributed by atoms with E-state index in [9.17, 15) is 13.2 Å². The molecule has 0 spiro atoms. The van der Waals surface area contributed by atoms with Crippen molar-refractivity contribution in [3.8, 4) is 5.75 Å². The van der Waals surface area contributed by atoms with Gasteiger partial charge in [-0.1, -0.05) is 29.8 Å². The van der Waals surface area contributed by atoms with Gasteiger partial charge in [-0.25, -0.2) is 13.1 Å². The molecule has 2 rings (SSSR count).